The SMILES string of the molecule is Nc1nc2c(ncn2[C@@H]2O[C@@H]3COP(O)(=S)O[C@@H]4C(F)[C@H](n5cnc6c(N)ccnc65)O[C@@H]4COP(=O)(S)OC2[C@H]3O)c(=O)[nH]1. The molecule has 7 rings (SSSR count). The van der Waals surface area contributed by atoms with Crippen molar-refractivity contribution in [2.45, 2.75) is 49.1 Å². The summed E-state index contributed by atoms with van der Waals surface area (Å²) in [5.41, 5.74) is 11.7. The maximum Gasteiger partial charge on any atom is 0.386 e. The molecule has 24 heteroatoms. The summed E-state index contributed by atoms with van der Waals surface area (Å²) in [6.45, 7) is -9.88. The van der Waals surface area contributed by atoms with Crippen LogP contribution in [0, 0.1) is 0 Å². The number of aromatic nitrogens is 7. The van der Waals surface area contributed by atoms with Crippen molar-refractivity contribution in [2.75, 3.05) is 24.7 Å². The summed E-state index contributed by atoms with van der Waals surface area (Å²) < 4.78 is 66.0. The molecule has 3 fully saturated rings. The standard InChI is InChI=1S/C21H24FN9O10P2S2/c22-10-14-9(39-19(10)30-5-26-11-7(23)1-2-25-16(11)30)4-37-43(35,45)41-15-13(32)8(3-36-42(34,44)40-14)38-20(15)31-6-27-12-17(31)28-21(24)29-18(12)33/h1-2,5-6,8-10,13-15,19-20,32H,3-4H2,(H2,23,25)(H,34,44)(H,35,45)(H3,24,28,29,33)/t8-,9-,10?,13+,14+,15?,19-,20-,42?,43?/m1/s1. The van der Waals surface area contributed by atoms with E-state index in [1.807, 2.05) is 0 Å². The highest BCUT2D eigenvalue weighted by Gasteiger charge is 2.53. The molecule has 4 aromatic rings. The number of nitrogens with zero attached hydrogens (tertiary/aromatic N) is 6. The Hall–Kier alpha value is -2.59. The lowest BCUT2D eigenvalue weighted by atomic mass is 10.1. The molecule has 10 atom stereocenters. The number of imidazole rings is 2. The quantitative estimate of drug-likeness (QED) is 0.121. The van der Waals surface area contributed by atoms with E-state index < -0.39 is 81.4 Å². The van der Waals surface area contributed by atoms with Crippen LogP contribution in [0.4, 0.5) is 16.0 Å². The number of nitrogen functional groups attached to an aromatic ring is 2. The highest BCUT2D eigenvalue weighted by atomic mass is 32.7. The van der Waals surface area contributed by atoms with Gasteiger partial charge in [0.1, 0.15) is 36.0 Å². The lowest BCUT2D eigenvalue weighted by Crippen LogP contribution is -2.35. The minimum absolute atomic E-state index is 0.0410. The molecule has 3 saturated heterocycles. The Bertz CT molecular complexity index is 1950. The predicted molar refractivity (Wildman–Crippen MR) is 158 cm³/mol. The maximum absolute atomic E-state index is 16.0. The van der Waals surface area contributed by atoms with E-state index in [0.717, 1.165) is 0 Å². The van der Waals surface area contributed by atoms with Crippen molar-refractivity contribution in [3.05, 3.63) is 35.3 Å². The molecule has 0 saturated carbocycles. The first-order valence-electron chi connectivity index (χ1n) is 13.1. The van der Waals surface area contributed by atoms with Gasteiger partial charge in [0, 0.05) is 6.20 Å². The summed E-state index contributed by atoms with van der Waals surface area (Å²) in [5.74, 6) is -0.230. The van der Waals surface area contributed by atoms with E-state index in [9.17, 15) is 19.4 Å². The maximum atomic E-state index is 16.0. The predicted octanol–water partition coefficient (Wildman–Crippen LogP) is 0.295. The number of pyridine rings is 1. The first-order chi connectivity index (χ1) is 21.3. The summed E-state index contributed by atoms with van der Waals surface area (Å²) in [7, 11) is 0. The summed E-state index contributed by atoms with van der Waals surface area (Å²) in [5, 5.41) is 11.1. The van der Waals surface area contributed by atoms with Gasteiger partial charge in [0.2, 0.25) is 5.95 Å². The highest BCUT2D eigenvalue weighted by molar-refractivity contribution is 8.44. The van der Waals surface area contributed by atoms with Gasteiger partial charge >= 0.3 is 13.5 Å². The first kappa shape index (κ1) is 31.0. The van der Waals surface area contributed by atoms with E-state index in [4.69, 9.17) is 50.8 Å². The number of thiol groups is 1. The molecule has 4 aromatic heterocycles. The number of halogens is 1. The molecule has 3 aliphatic heterocycles. The van der Waals surface area contributed by atoms with E-state index in [1.165, 1.54) is 34.1 Å². The number of aliphatic hydroxyl groups excluding tert-OH is 1. The second-order valence-electron chi connectivity index (χ2n) is 10.2. The van der Waals surface area contributed by atoms with Crippen molar-refractivity contribution in [1.29, 1.82) is 0 Å². The fourth-order valence-electron chi connectivity index (χ4n) is 5.34. The number of H-pyrrole nitrogens is 1. The second-order valence-corrected chi connectivity index (χ2v) is 15.9. The smallest absolute Gasteiger partial charge is 0.386 e. The third-order valence-electron chi connectivity index (χ3n) is 7.38. The van der Waals surface area contributed by atoms with Crippen molar-refractivity contribution in [3.63, 3.8) is 0 Å². The van der Waals surface area contributed by atoms with Crippen LogP contribution < -0.4 is 17.0 Å². The zero-order valence-electron chi connectivity index (χ0n) is 22.5. The Morgan fingerprint density at radius 3 is 2.49 bits per heavy atom. The third-order valence-corrected chi connectivity index (χ3v) is 10.6. The minimum atomic E-state index is -4.40. The summed E-state index contributed by atoms with van der Waals surface area (Å²) in [6, 6.07) is 1.53. The number of aliphatic hydroxyl groups is 1. The average Bonchev–Trinajstić information content (AvgIpc) is 3.72. The largest absolute Gasteiger partial charge is 0.397 e. The molecule has 3 aliphatic rings. The number of anilines is 2. The van der Waals surface area contributed by atoms with Gasteiger partial charge in [-0.15, -0.1) is 0 Å². The van der Waals surface area contributed by atoms with Crippen LogP contribution in [0.2, 0.25) is 0 Å². The Kier molecular flexibility index (Phi) is 7.78. The molecular formula is C21H24FN9O10P2S2. The van der Waals surface area contributed by atoms with Crippen LogP contribution in [-0.2, 0) is 43.9 Å². The molecule has 7 N–H and O–H groups in total. The molecule has 0 spiro atoms. The number of hydrogen-bond donors (Lipinski definition) is 6. The number of rotatable bonds is 2. The van der Waals surface area contributed by atoms with Gasteiger partial charge in [0.05, 0.1) is 31.6 Å². The summed E-state index contributed by atoms with van der Waals surface area (Å²) in [4.78, 5) is 42.0. The molecule has 0 amide bonds. The number of aromatic amines is 1. The van der Waals surface area contributed by atoms with E-state index in [1.54, 1.807) is 0 Å². The van der Waals surface area contributed by atoms with Crippen molar-refractivity contribution in [2.24, 2.45) is 0 Å². The molecule has 45 heavy (non-hydrogen) atoms. The molecule has 19 nitrogen and oxygen atoms in total. The van der Waals surface area contributed by atoms with E-state index in [2.05, 4.69) is 37.2 Å². The van der Waals surface area contributed by atoms with Crippen LogP contribution in [0.1, 0.15) is 12.5 Å². The number of nitrogens with one attached hydrogen (secondary N) is 1. The number of hydrogen-bond acceptors (Lipinski definition) is 16. The molecule has 7 heterocycles. The molecule has 0 radical (unpaired) electrons. The minimum Gasteiger partial charge on any atom is -0.397 e. The first-order valence-corrected chi connectivity index (χ1v) is 18.3. The fraction of sp³-hybridized carbons (Fsp3) is 0.476. The lowest BCUT2D eigenvalue weighted by Gasteiger charge is -2.27. The van der Waals surface area contributed by atoms with E-state index >= 15 is 4.39 Å². The Morgan fingerprint density at radius 1 is 1.02 bits per heavy atom. The Morgan fingerprint density at radius 2 is 1.71 bits per heavy atom. The van der Waals surface area contributed by atoms with Crippen molar-refractivity contribution in [1.82, 2.24) is 34.1 Å². The van der Waals surface area contributed by atoms with Gasteiger partial charge in [-0.25, -0.2) is 23.9 Å². The zero-order chi connectivity index (χ0) is 31.8. The number of nitrogens with two attached hydrogens (primary N) is 2. The fourth-order valence-corrected chi connectivity index (χ4v) is 8.24. The summed E-state index contributed by atoms with van der Waals surface area (Å²) >= 11 is 9.22. The third kappa shape index (κ3) is 5.57. The van der Waals surface area contributed by atoms with Crippen LogP contribution >= 0.6 is 25.8 Å². The molecular weight excluding hydrogens is 683 g/mol. The highest BCUT2D eigenvalue weighted by Crippen LogP contribution is 2.58. The van der Waals surface area contributed by atoms with E-state index in [-0.39, 0.29) is 22.8 Å². The van der Waals surface area contributed by atoms with Gasteiger partial charge in [0.15, 0.2) is 35.4 Å². The van der Waals surface area contributed by atoms with Gasteiger partial charge < -0.3 is 35.5 Å². The van der Waals surface area contributed by atoms with Gasteiger partial charge in [0.25, 0.3) is 5.56 Å². The van der Waals surface area contributed by atoms with Gasteiger partial charge in [-0.1, -0.05) is 12.2 Å². The molecule has 4 unspecified atom stereocenters. The molecule has 242 valence electrons. The van der Waals surface area contributed by atoms with Gasteiger partial charge in [-0.3, -0.25) is 32.5 Å². The van der Waals surface area contributed by atoms with Crippen molar-refractivity contribution in [3.8, 4) is 0 Å². The van der Waals surface area contributed by atoms with E-state index in [0.29, 0.717) is 11.2 Å². The van der Waals surface area contributed by atoms with Gasteiger partial charge in [-0.2, -0.15) is 4.98 Å². The number of ether oxygens (including phenoxy) is 2. The second kappa shape index (κ2) is 11.3. The molecule has 0 aliphatic carbocycles. The topological polar surface area (TPSA) is 259 Å². The Balaban J connectivity index is 1.21. The van der Waals surface area contributed by atoms with Crippen LogP contribution in [0.5, 0.6) is 0 Å². The summed E-state index contributed by atoms with van der Waals surface area (Å²) in [6.07, 6.45) is -8.18. The van der Waals surface area contributed by atoms with Crippen LogP contribution in [-0.4, -0.2) is 94.0 Å². The lowest BCUT2D eigenvalue weighted by molar-refractivity contribution is -0.0584. The normalized spacial score (nSPS) is 37.7. The molecule has 2 bridgehead atoms. The number of alkyl halides is 1. The average molecular weight is 708 g/mol. The number of fused-ring (bicyclic) bond motifs is 5. The molecule has 0 aromatic carbocycles. The van der Waals surface area contributed by atoms with Crippen LogP contribution in [0.15, 0.2) is 29.7 Å². The van der Waals surface area contributed by atoms with Crippen LogP contribution in [0.25, 0.3) is 22.3 Å². The van der Waals surface area contributed by atoms with Gasteiger partial charge in [-0.05, 0) is 17.9 Å². The monoisotopic (exact) mass is 707 g/mol. The van der Waals surface area contributed by atoms with Crippen LogP contribution in [0.3, 0.4) is 0 Å². The van der Waals surface area contributed by atoms with Crippen molar-refractivity contribution >= 4 is 71.5 Å². The Labute approximate surface area is 260 Å². The van der Waals surface area contributed by atoms with Crippen molar-refractivity contribution < 1.29 is 46.5 Å². The zero-order valence-corrected chi connectivity index (χ0v) is 26.0.